The Bertz CT molecular complexity index is 269. The van der Waals surface area contributed by atoms with E-state index in [-0.39, 0.29) is 6.61 Å². The molecule has 0 aliphatic rings. The Morgan fingerprint density at radius 1 is 1.23 bits per heavy atom. The van der Waals surface area contributed by atoms with E-state index in [1.54, 1.807) is 0 Å². The zero-order valence-corrected chi connectivity index (χ0v) is 8.42. The fourth-order valence-electron chi connectivity index (χ4n) is 1.50. The van der Waals surface area contributed by atoms with E-state index in [1.807, 2.05) is 32.9 Å². The van der Waals surface area contributed by atoms with Gasteiger partial charge >= 0.3 is 0 Å². The Kier molecular flexibility index (Phi) is 3.32. The largest absolute Gasteiger partial charge is 0.493 e. The van der Waals surface area contributed by atoms with E-state index in [9.17, 15) is 0 Å². The van der Waals surface area contributed by atoms with Crippen LogP contribution in [0.5, 0.6) is 5.75 Å². The second-order valence-electron chi connectivity index (χ2n) is 3.15. The standard InChI is InChI=1S/C11H16O2/c1-4-13-11-8(2)5-10(7-12)6-9(11)3/h5-6,12H,4,7H2,1-3H3. The van der Waals surface area contributed by atoms with Crippen LogP contribution in [0.3, 0.4) is 0 Å². The maximum absolute atomic E-state index is 8.97. The van der Waals surface area contributed by atoms with Crippen molar-refractivity contribution in [2.45, 2.75) is 27.4 Å². The second-order valence-corrected chi connectivity index (χ2v) is 3.15. The average molecular weight is 180 g/mol. The molecule has 2 heteroatoms. The van der Waals surface area contributed by atoms with E-state index in [4.69, 9.17) is 9.84 Å². The maximum Gasteiger partial charge on any atom is 0.125 e. The number of benzene rings is 1. The van der Waals surface area contributed by atoms with E-state index < -0.39 is 0 Å². The number of rotatable bonds is 3. The summed E-state index contributed by atoms with van der Waals surface area (Å²) in [6.45, 7) is 6.74. The van der Waals surface area contributed by atoms with Gasteiger partial charge in [-0.3, -0.25) is 0 Å². The molecule has 1 N–H and O–H groups in total. The van der Waals surface area contributed by atoms with E-state index in [0.29, 0.717) is 6.61 Å². The zero-order valence-electron chi connectivity index (χ0n) is 8.42. The summed E-state index contributed by atoms with van der Waals surface area (Å²) in [6.07, 6.45) is 0. The van der Waals surface area contributed by atoms with Gasteiger partial charge in [-0.05, 0) is 37.5 Å². The van der Waals surface area contributed by atoms with Gasteiger partial charge in [0.2, 0.25) is 0 Å². The van der Waals surface area contributed by atoms with Crippen LogP contribution < -0.4 is 4.74 Å². The van der Waals surface area contributed by atoms with Gasteiger partial charge in [-0.1, -0.05) is 12.1 Å². The molecule has 72 valence electrons. The highest BCUT2D eigenvalue weighted by Crippen LogP contribution is 2.24. The van der Waals surface area contributed by atoms with Crippen LogP contribution in [0.25, 0.3) is 0 Å². The van der Waals surface area contributed by atoms with Crippen LogP contribution in [-0.2, 0) is 6.61 Å². The molecular weight excluding hydrogens is 164 g/mol. The Morgan fingerprint density at radius 2 is 1.77 bits per heavy atom. The summed E-state index contributed by atoms with van der Waals surface area (Å²) in [7, 11) is 0. The summed E-state index contributed by atoms with van der Waals surface area (Å²) < 4.78 is 5.49. The number of hydrogen-bond donors (Lipinski definition) is 1. The highest BCUT2D eigenvalue weighted by atomic mass is 16.5. The molecule has 1 aromatic rings. The lowest BCUT2D eigenvalue weighted by Crippen LogP contribution is -1.98. The molecule has 1 aromatic carbocycles. The first kappa shape index (κ1) is 10.1. The number of aryl methyl sites for hydroxylation is 2. The van der Waals surface area contributed by atoms with Crippen molar-refractivity contribution in [1.29, 1.82) is 0 Å². The van der Waals surface area contributed by atoms with Gasteiger partial charge < -0.3 is 9.84 Å². The second kappa shape index (κ2) is 4.28. The van der Waals surface area contributed by atoms with Gasteiger partial charge in [0.1, 0.15) is 5.75 Å². The number of ether oxygens (including phenoxy) is 1. The maximum atomic E-state index is 8.97. The summed E-state index contributed by atoms with van der Waals surface area (Å²) in [5.74, 6) is 0.944. The highest BCUT2D eigenvalue weighted by molar-refractivity contribution is 5.43. The van der Waals surface area contributed by atoms with Crippen molar-refractivity contribution in [2.24, 2.45) is 0 Å². The van der Waals surface area contributed by atoms with E-state index >= 15 is 0 Å². The first-order valence-corrected chi connectivity index (χ1v) is 4.52. The van der Waals surface area contributed by atoms with Gasteiger partial charge in [0.15, 0.2) is 0 Å². The molecule has 0 radical (unpaired) electrons. The van der Waals surface area contributed by atoms with Gasteiger partial charge in [-0.15, -0.1) is 0 Å². The summed E-state index contributed by atoms with van der Waals surface area (Å²) in [6, 6.07) is 3.91. The number of aliphatic hydroxyl groups excluding tert-OH is 1. The first-order chi connectivity index (χ1) is 6.19. The highest BCUT2D eigenvalue weighted by Gasteiger charge is 2.04. The third-order valence-electron chi connectivity index (χ3n) is 1.99. The third-order valence-corrected chi connectivity index (χ3v) is 1.99. The van der Waals surface area contributed by atoms with Crippen LogP contribution in [0.4, 0.5) is 0 Å². The molecule has 13 heavy (non-hydrogen) atoms. The van der Waals surface area contributed by atoms with Crippen molar-refractivity contribution in [3.63, 3.8) is 0 Å². The predicted octanol–water partition coefficient (Wildman–Crippen LogP) is 2.19. The van der Waals surface area contributed by atoms with E-state index in [2.05, 4.69) is 0 Å². The molecule has 2 nitrogen and oxygen atoms in total. The smallest absolute Gasteiger partial charge is 0.125 e. The molecule has 0 amide bonds. The Balaban J connectivity index is 3.07. The Morgan fingerprint density at radius 3 is 2.15 bits per heavy atom. The molecule has 0 saturated heterocycles. The zero-order chi connectivity index (χ0) is 9.84. The van der Waals surface area contributed by atoms with Crippen molar-refractivity contribution in [3.8, 4) is 5.75 Å². The normalized spacial score (nSPS) is 10.2. The van der Waals surface area contributed by atoms with Crippen molar-refractivity contribution < 1.29 is 9.84 Å². The van der Waals surface area contributed by atoms with Crippen LogP contribution in [0, 0.1) is 13.8 Å². The summed E-state index contributed by atoms with van der Waals surface area (Å²) >= 11 is 0. The monoisotopic (exact) mass is 180 g/mol. The molecule has 0 fully saturated rings. The predicted molar refractivity (Wildman–Crippen MR) is 53.0 cm³/mol. The molecule has 0 aliphatic carbocycles. The van der Waals surface area contributed by atoms with E-state index in [0.717, 1.165) is 22.4 Å². The topological polar surface area (TPSA) is 29.5 Å². The number of aliphatic hydroxyl groups is 1. The SMILES string of the molecule is CCOc1c(C)cc(CO)cc1C. The van der Waals surface area contributed by atoms with E-state index in [1.165, 1.54) is 0 Å². The van der Waals surface area contributed by atoms with Crippen LogP contribution in [-0.4, -0.2) is 11.7 Å². The van der Waals surface area contributed by atoms with Crippen molar-refractivity contribution >= 4 is 0 Å². The average Bonchev–Trinajstić information content (AvgIpc) is 2.11. The first-order valence-electron chi connectivity index (χ1n) is 4.52. The summed E-state index contributed by atoms with van der Waals surface area (Å²) in [5.41, 5.74) is 3.12. The van der Waals surface area contributed by atoms with Gasteiger partial charge in [-0.2, -0.15) is 0 Å². The molecule has 0 atom stereocenters. The molecule has 0 heterocycles. The Hall–Kier alpha value is -1.02. The minimum atomic E-state index is 0.0914. The number of hydrogen-bond acceptors (Lipinski definition) is 2. The minimum absolute atomic E-state index is 0.0914. The molecular formula is C11H16O2. The quantitative estimate of drug-likeness (QED) is 0.772. The van der Waals surface area contributed by atoms with Crippen LogP contribution in [0.15, 0.2) is 12.1 Å². The van der Waals surface area contributed by atoms with Gasteiger partial charge in [0.05, 0.1) is 13.2 Å². The van der Waals surface area contributed by atoms with Gasteiger partial charge in [-0.25, -0.2) is 0 Å². The van der Waals surface area contributed by atoms with Gasteiger partial charge in [0.25, 0.3) is 0 Å². The summed E-state index contributed by atoms with van der Waals surface area (Å²) in [5, 5.41) is 8.97. The molecule has 0 unspecified atom stereocenters. The molecule has 0 bridgehead atoms. The fraction of sp³-hybridized carbons (Fsp3) is 0.455. The molecule has 0 spiro atoms. The molecule has 0 aromatic heterocycles. The lowest BCUT2D eigenvalue weighted by molar-refractivity contribution is 0.281. The van der Waals surface area contributed by atoms with Crippen molar-refractivity contribution in [1.82, 2.24) is 0 Å². The lowest BCUT2D eigenvalue weighted by atomic mass is 10.1. The fourth-order valence-corrected chi connectivity index (χ4v) is 1.50. The molecule has 1 rings (SSSR count). The lowest BCUT2D eigenvalue weighted by Gasteiger charge is -2.11. The van der Waals surface area contributed by atoms with Crippen LogP contribution >= 0.6 is 0 Å². The van der Waals surface area contributed by atoms with Crippen LogP contribution in [0.1, 0.15) is 23.6 Å². The summed E-state index contributed by atoms with van der Waals surface area (Å²) in [4.78, 5) is 0. The molecule has 0 saturated carbocycles. The van der Waals surface area contributed by atoms with Gasteiger partial charge in [0, 0.05) is 0 Å². The molecule has 0 aliphatic heterocycles. The minimum Gasteiger partial charge on any atom is -0.493 e. The third kappa shape index (κ3) is 2.22. The van der Waals surface area contributed by atoms with Crippen LogP contribution in [0.2, 0.25) is 0 Å². The van der Waals surface area contributed by atoms with Crippen molar-refractivity contribution in [2.75, 3.05) is 6.61 Å². The van der Waals surface area contributed by atoms with Crippen molar-refractivity contribution in [3.05, 3.63) is 28.8 Å². The Labute approximate surface area is 79.2 Å².